The number of carbonyl (C=O) groups is 1. The smallest absolute Gasteiger partial charge is 0.255 e. The van der Waals surface area contributed by atoms with Crippen LogP contribution in [0.5, 0.6) is 0 Å². The molecule has 33 heavy (non-hydrogen) atoms. The molecule has 4 aromatic rings. The van der Waals surface area contributed by atoms with Crippen LogP contribution in [0.2, 0.25) is 0 Å². The van der Waals surface area contributed by atoms with Crippen LogP contribution < -0.4 is 10.6 Å². The number of nitrogens with one attached hydrogen (secondary N) is 2. The highest BCUT2D eigenvalue weighted by atomic mass is 32.2. The van der Waals surface area contributed by atoms with Gasteiger partial charge in [0.1, 0.15) is 0 Å². The lowest BCUT2D eigenvalue weighted by Crippen LogP contribution is -2.12. The van der Waals surface area contributed by atoms with Gasteiger partial charge in [-0.15, -0.1) is 0 Å². The highest BCUT2D eigenvalue weighted by Gasteiger charge is 2.10. The first-order valence-corrected chi connectivity index (χ1v) is 11.3. The van der Waals surface area contributed by atoms with Crippen LogP contribution in [0, 0.1) is 6.92 Å². The molecule has 0 aliphatic carbocycles. The van der Waals surface area contributed by atoms with Gasteiger partial charge in [-0.3, -0.25) is 14.0 Å². The normalized spacial score (nSPS) is 11.6. The number of aryl methyl sites for hydroxylation is 1. The lowest BCUT2D eigenvalue weighted by atomic mass is 10.1. The molecule has 0 bridgehead atoms. The van der Waals surface area contributed by atoms with Crippen LogP contribution >= 0.6 is 0 Å². The standard InChI is InChI=1S/C24H21N5O3S/c1-16-7-8-20(27-23(30)18-5-2-4-17(12-18)15-33(31)32)13-22(16)29-24-26-11-9-21(28-24)19-6-3-10-25-14-19/h2-14H,15H2,1H3,(H,27,30)(H,31,32)(H,26,28,29)/p-1. The molecule has 0 spiro atoms. The van der Waals surface area contributed by atoms with Gasteiger partial charge in [0.15, 0.2) is 0 Å². The maximum atomic E-state index is 12.7. The molecule has 4 rings (SSSR count). The molecule has 2 heterocycles. The molecule has 0 aliphatic rings. The van der Waals surface area contributed by atoms with Gasteiger partial charge >= 0.3 is 0 Å². The molecule has 0 aliphatic heterocycles. The summed E-state index contributed by atoms with van der Waals surface area (Å²) in [7, 11) is 0. The van der Waals surface area contributed by atoms with Crippen molar-refractivity contribution in [3.05, 3.63) is 95.9 Å². The van der Waals surface area contributed by atoms with Crippen molar-refractivity contribution >= 4 is 34.3 Å². The van der Waals surface area contributed by atoms with Crippen molar-refractivity contribution in [1.82, 2.24) is 15.0 Å². The van der Waals surface area contributed by atoms with Gasteiger partial charge in [0, 0.05) is 46.8 Å². The summed E-state index contributed by atoms with van der Waals surface area (Å²) < 4.78 is 21.9. The summed E-state index contributed by atoms with van der Waals surface area (Å²) in [5.41, 5.74) is 4.81. The van der Waals surface area contributed by atoms with Gasteiger partial charge in [0.25, 0.3) is 5.91 Å². The van der Waals surface area contributed by atoms with E-state index in [1.807, 2.05) is 31.2 Å². The Morgan fingerprint density at radius 3 is 2.73 bits per heavy atom. The molecule has 0 saturated heterocycles. The first-order chi connectivity index (χ1) is 16.0. The minimum atomic E-state index is -2.22. The second kappa shape index (κ2) is 10.1. The molecular weight excluding hydrogens is 438 g/mol. The second-order valence-corrected chi connectivity index (χ2v) is 8.16. The Morgan fingerprint density at radius 1 is 1.06 bits per heavy atom. The first-order valence-electron chi connectivity index (χ1n) is 10.1. The van der Waals surface area contributed by atoms with E-state index in [1.54, 1.807) is 55.0 Å². The molecule has 0 saturated carbocycles. The van der Waals surface area contributed by atoms with Crippen LogP contribution in [0.25, 0.3) is 11.3 Å². The van der Waals surface area contributed by atoms with E-state index in [0.29, 0.717) is 22.8 Å². The molecule has 2 aromatic heterocycles. The summed E-state index contributed by atoms with van der Waals surface area (Å²) in [6.45, 7) is 1.94. The molecule has 1 atom stereocenters. The zero-order valence-corrected chi connectivity index (χ0v) is 18.5. The molecule has 2 aromatic carbocycles. The molecule has 1 amide bonds. The summed E-state index contributed by atoms with van der Waals surface area (Å²) in [4.78, 5) is 25.7. The lowest BCUT2D eigenvalue weighted by molar-refractivity contribution is 0.102. The number of anilines is 3. The van der Waals surface area contributed by atoms with Gasteiger partial charge in [-0.1, -0.05) is 29.3 Å². The largest absolute Gasteiger partial charge is 0.772 e. The molecule has 1 unspecified atom stereocenters. The number of benzene rings is 2. The first kappa shape index (κ1) is 22.3. The van der Waals surface area contributed by atoms with Crippen LogP contribution in [-0.4, -0.2) is 29.6 Å². The molecule has 8 nitrogen and oxygen atoms in total. The Balaban J connectivity index is 1.52. The van der Waals surface area contributed by atoms with Crippen LogP contribution in [0.4, 0.5) is 17.3 Å². The van der Waals surface area contributed by atoms with Crippen molar-refractivity contribution in [2.45, 2.75) is 12.7 Å². The average Bonchev–Trinajstić information content (AvgIpc) is 2.82. The van der Waals surface area contributed by atoms with E-state index in [1.165, 1.54) is 0 Å². The van der Waals surface area contributed by atoms with Gasteiger partial charge in [-0.2, -0.15) is 0 Å². The highest BCUT2D eigenvalue weighted by molar-refractivity contribution is 7.78. The van der Waals surface area contributed by atoms with Crippen molar-refractivity contribution in [2.24, 2.45) is 0 Å². The Hall–Kier alpha value is -3.95. The van der Waals surface area contributed by atoms with E-state index in [-0.39, 0.29) is 11.7 Å². The SMILES string of the molecule is Cc1ccc(NC(=O)c2cccc(CS(=O)[O-])c2)cc1Nc1nccc(-c2cccnc2)n1. The van der Waals surface area contributed by atoms with Crippen LogP contribution in [0.3, 0.4) is 0 Å². The summed E-state index contributed by atoms with van der Waals surface area (Å²) in [5, 5.41) is 6.05. The van der Waals surface area contributed by atoms with Gasteiger partial charge in [-0.25, -0.2) is 9.97 Å². The third-order valence-electron chi connectivity index (χ3n) is 4.83. The van der Waals surface area contributed by atoms with E-state index >= 15 is 0 Å². The second-order valence-electron chi connectivity index (χ2n) is 7.26. The predicted octanol–water partition coefficient (Wildman–Crippen LogP) is 4.22. The third-order valence-corrected chi connectivity index (χ3v) is 5.40. The Labute approximate surface area is 193 Å². The average molecular weight is 459 g/mol. The zero-order valence-electron chi connectivity index (χ0n) is 17.7. The predicted molar refractivity (Wildman–Crippen MR) is 127 cm³/mol. The molecule has 166 valence electrons. The monoisotopic (exact) mass is 458 g/mol. The Morgan fingerprint density at radius 2 is 1.94 bits per heavy atom. The quantitative estimate of drug-likeness (QED) is 0.398. The Bertz CT molecular complexity index is 1310. The van der Waals surface area contributed by atoms with E-state index in [9.17, 15) is 13.6 Å². The number of aromatic nitrogens is 3. The van der Waals surface area contributed by atoms with Crippen molar-refractivity contribution in [3.63, 3.8) is 0 Å². The van der Waals surface area contributed by atoms with Crippen LogP contribution in [0.15, 0.2) is 79.3 Å². The minimum absolute atomic E-state index is 0.141. The summed E-state index contributed by atoms with van der Waals surface area (Å²) in [5.74, 6) is -0.0583. The number of hydrogen-bond donors (Lipinski definition) is 2. The number of rotatable bonds is 7. The van der Waals surface area contributed by atoms with Crippen molar-refractivity contribution in [3.8, 4) is 11.3 Å². The van der Waals surface area contributed by atoms with Gasteiger partial charge < -0.3 is 15.2 Å². The van der Waals surface area contributed by atoms with Crippen molar-refractivity contribution in [1.29, 1.82) is 0 Å². The van der Waals surface area contributed by atoms with Gasteiger partial charge in [0.2, 0.25) is 5.95 Å². The number of carbonyl (C=O) groups excluding carboxylic acids is 1. The fraction of sp³-hybridized carbons (Fsp3) is 0.0833. The number of hydrogen-bond acceptors (Lipinski definition) is 7. The van der Waals surface area contributed by atoms with Gasteiger partial charge in [0.05, 0.1) is 5.69 Å². The lowest BCUT2D eigenvalue weighted by Gasteiger charge is -2.12. The number of pyridine rings is 1. The van der Waals surface area contributed by atoms with E-state index in [4.69, 9.17) is 0 Å². The highest BCUT2D eigenvalue weighted by Crippen LogP contribution is 2.24. The molecule has 0 fully saturated rings. The molecular formula is C24H20N5O3S-. The fourth-order valence-electron chi connectivity index (χ4n) is 3.19. The number of nitrogens with zero attached hydrogens (tertiary/aromatic N) is 3. The number of amides is 1. The third kappa shape index (κ3) is 5.85. The van der Waals surface area contributed by atoms with Crippen LogP contribution in [-0.2, 0) is 16.8 Å². The van der Waals surface area contributed by atoms with Crippen molar-refractivity contribution < 1.29 is 13.6 Å². The minimum Gasteiger partial charge on any atom is -0.772 e. The summed E-state index contributed by atoms with van der Waals surface area (Å²) in [6.07, 6.45) is 5.10. The summed E-state index contributed by atoms with van der Waals surface area (Å²) >= 11 is -2.22. The Kier molecular flexibility index (Phi) is 6.82. The molecule has 0 radical (unpaired) electrons. The fourth-order valence-corrected chi connectivity index (χ4v) is 3.64. The van der Waals surface area contributed by atoms with Gasteiger partial charge in [-0.05, 0) is 60.5 Å². The maximum absolute atomic E-state index is 12.7. The van der Waals surface area contributed by atoms with Crippen molar-refractivity contribution in [2.75, 3.05) is 10.6 Å². The topological polar surface area (TPSA) is 120 Å². The summed E-state index contributed by atoms with van der Waals surface area (Å²) in [6, 6.07) is 17.6. The van der Waals surface area contributed by atoms with E-state index in [2.05, 4.69) is 25.6 Å². The van der Waals surface area contributed by atoms with E-state index < -0.39 is 11.1 Å². The molecule has 9 heteroatoms. The van der Waals surface area contributed by atoms with E-state index in [0.717, 1.165) is 22.5 Å². The zero-order chi connectivity index (χ0) is 23.2. The maximum Gasteiger partial charge on any atom is 0.255 e. The molecule has 2 N–H and O–H groups in total. The van der Waals surface area contributed by atoms with Crippen LogP contribution in [0.1, 0.15) is 21.5 Å².